The second kappa shape index (κ2) is 5.53. The lowest BCUT2D eigenvalue weighted by Crippen LogP contribution is -2.39. The maximum absolute atomic E-state index is 6.63. The molecule has 1 heteroatoms. The van der Waals surface area contributed by atoms with Crippen molar-refractivity contribution < 1.29 is 0 Å². The monoisotopic (exact) mass is 249 g/mol. The molecule has 0 radical (unpaired) electrons. The van der Waals surface area contributed by atoms with Crippen LogP contribution in [0.3, 0.4) is 0 Å². The van der Waals surface area contributed by atoms with Gasteiger partial charge in [-0.25, -0.2) is 0 Å². The first-order valence-corrected chi connectivity index (χ1v) is 8.53. The van der Waals surface area contributed by atoms with Crippen molar-refractivity contribution in [1.29, 1.82) is 0 Å². The van der Waals surface area contributed by atoms with E-state index in [9.17, 15) is 0 Å². The highest BCUT2D eigenvalue weighted by atomic mass is 14.7. The Hall–Kier alpha value is -0.0400. The zero-order valence-electron chi connectivity index (χ0n) is 12.1. The topological polar surface area (TPSA) is 26.0 Å². The molecule has 6 atom stereocenters. The Morgan fingerprint density at radius 2 is 1.83 bits per heavy atom. The molecule has 0 amide bonds. The van der Waals surface area contributed by atoms with Crippen LogP contribution in [0.25, 0.3) is 0 Å². The van der Waals surface area contributed by atoms with Crippen LogP contribution in [0.1, 0.15) is 71.1 Å². The third-order valence-corrected chi connectivity index (χ3v) is 6.50. The van der Waals surface area contributed by atoms with Crippen LogP contribution in [-0.4, -0.2) is 6.04 Å². The van der Waals surface area contributed by atoms with Gasteiger partial charge in [0.15, 0.2) is 0 Å². The van der Waals surface area contributed by atoms with E-state index in [1.165, 1.54) is 57.8 Å². The van der Waals surface area contributed by atoms with E-state index in [0.29, 0.717) is 6.04 Å². The van der Waals surface area contributed by atoms with E-state index in [1.807, 2.05) is 0 Å². The summed E-state index contributed by atoms with van der Waals surface area (Å²) >= 11 is 0. The lowest BCUT2D eigenvalue weighted by Gasteiger charge is -2.37. The first kappa shape index (κ1) is 13.0. The number of fused-ring (bicyclic) bond motifs is 2. The second-order valence-electron chi connectivity index (χ2n) is 7.45. The molecule has 0 spiro atoms. The van der Waals surface area contributed by atoms with E-state index in [4.69, 9.17) is 5.73 Å². The summed E-state index contributed by atoms with van der Waals surface area (Å²) in [6, 6.07) is 0.514. The van der Waals surface area contributed by atoms with Gasteiger partial charge in [0.2, 0.25) is 0 Å². The van der Waals surface area contributed by atoms with E-state index >= 15 is 0 Å². The van der Waals surface area contributed by atoms with Crippen molar-refractivity contribution >= 4 is 0 Å². The number of rotatable bonds is 4. The molecule has 3 aliphatic rings. The van der Waals surface area contributed by atoms with Crippen LogP contribution in [0.4, 0.5) is 0 Å². The van der Waals surface area contributed by atoms with Crippen molar-refractivity contribution in [2.24, 2.45) is 35.3 Å². The van der Waals surface area contributed by atoms with Crippen molar-refractivity contribution in [2.75, 3.05) is 0 Å². The smallest absolute Gasteiger partial charge is 0.00725 e. The maximum atomic E-state index is 6.63. The molecule has 0 aromatic rings. The third kappa shape index (κ3) is 2.48. The van der Waals surface area contributed by atoms with Gasteiger partial charge in [0.25, 0.3) is 0 Å². The van der Waals surface area contributed by atoms with Gasteiger partial charge in [0.05, 0.1) is 0 Å². The zero-order valence-corrected chi connectivity index (χ0v) is 12.1. The summed E-state index contributed by atoms with van der Waals surface area (Å²) in [5.41, 5.74) is 6.63. The van der Waals surface area contributed by atoms with Crippen molar-refractivity contribution in [3.05, 3.63) is 0 Å². The van der Waals surface area contributed by atoms with Crippen LogP contribution >= 0.6 is 0 Å². The van der Waals surface area contributed by atoms with Gasteiger partial charge in [-0.3, -0.25) is 0 Å². The normalized spacial score (nSPS) is 45.3. The van der Waals surface area contributed by atoms with Crippen molar-refractivity contribution in [2.45, 2.75) is 77.2 Å². The largest absolute Gasteiger partial charge is 0.327 e. The quantitative estimate of drug-likeness (QED) is 0.787. The molecule has 0 aliphatic heterocycles. The molecule has 0 heterocycles. The molecule has 0 aromatic carbocycles. The Bertz CT molecular complexity index is 275. The van der Waals surface area contributed by atoms with E-state index in [2.05, 4.69) is 6.92 Å². The predicted octanol–water partition coefficient (Wildman–Crippen LogP) is 4.36. The van der Waals surface area contributed by atoms with E-state index < -0.39 is 0 Å². The fourth-order valence-corrected chi connectivity index (χ4v) is 5.50. The van der Waals surface area contributed by atoms with Crippen molar-refractivity contribution in [3.63, 3.8) is 0 Å². The highest BCUT2D eigenvalue weighted by Gasteiger charge is 2.41. The molecular formula is C17H31N. The minimum absolute atomic E-state index is 0.514. The average molecular weight is 249 g/mol. The molecule has 2 N–H and O–H groups in total. The second-order valence-corrected chi connectivity index (χ2v) is 7.45. The average Bonchev–Trinajstić information content (AvgIpc) is 3.01. The fourth-order valence-electron chi connectivity index (χ4n) is 5.50. The summed E-state index contributed by atoms with van der Waals surface area (Å²) in [5, 5.41) is 0. The molecule has 0 saturated heterocycles. The standard InChI is InChI=1S/C17H31N/c1-2-13-5-3-4-6-16(13)17(18)11-15-10-12-7-8-14(15)9-12/h12-17H,2-11,18H2,1H3. The molecule has 3 rings (SSSR count). The van der Waals surface area contributed by atoms with Gasteiger partial charge in [0, 0.05) is 6.04 Å². The molecule has 18 heavy (non-hydrogen) atoms. The summed E-state index contributed by atoms with van der Waals surface area (Å²) in [4.78, 5) is 0. The van der Waals surface area contributed by atoms with Crippen molar-refractivity contribution in [1.82, 2.24) is 0 Å². The van der Waals surface area contributed by atoms with Crippen LogP contribution in [0.2, 0.25) is 0 Å². The Balaban J connectivity index is 1.55. The van der Waals surface area contributed by atoms with Crippen LogP contribution in [0, 0.1) is 29.6 Å². The van der Waals surface area contributed by atoms with Gasteiger partial charge in [-0.05, 0) is 61.7 Å². The Labute approximate surface area is 113 Å². The summed E-state index contributed by atoms with van der Waals surface area (Å²) in [5.74, 6) is 4.93. The van der Waals surface area contributed by atoms with Gasteiger partial charge in [0.1, 0.15) is 0 Å². The molecule has 3 aliphatic carbocycles. The van der Waals surface area contributed by atoms with E-state index in [1.54, 1.807) is 6.42 Å². The Morgan fingerprint density at radius 1 is 1.00 bits per heavy atom. The Morgan fingerprint density at radius 3 is 2.50 bits per heavy atom. The summed E-state index contributed by atoms with van der Waals surface area (Å²) in [7, 11) is 0. The first-order valence-electron chi connectivity index (χ1n) is 8.53. The van der Waals surface area contributed by atoms with Gasteiger partial charge >= 0.3 is 0 Å². The number of hydrogen-bond donors (Lipinski definition) is 1. The molecule has 3 saturated carbocycles. The van der Waals surface area contributed by atoms with E-state index in [0.717, 1.165) is 29.6 Å². The summed E-state index contributed by atoms with van der Waals surface area (Å²) < 4.78 is 0. The first-order chi connectivity index (χ1) is 8.78. The minimum Gasteiger partial charge on any atom is -0.327 e. The SMILES string of the molecule is CCC1CCCCC1C(N)CC1CC2CCC1C2. The number of hydrogen-bond acceptors (Lipinski definition) is 1. The highest BCUT2D eigenvalue weighted by Crippen LogP contribution is 2.50. The lowest BCUT2D eigenvalue weighted by atomic mass is 9.71. The van der Waals surface area contributed by atoms with Gasteiger partial charge in [-0.15, -0.1) is 0 Å². The lowest BCUT2D eigenvalue weighted by molar-refractivity contribution is 0.166. The maximum Gasteiger partial charge on any atom is 0.00725 e. The van der Waals surface area contributed by atoms with Crippen molar-refractivity contribution in [3.8, 4) is 0 Å². The molecular weight excluding hydrogens is 218 g/mol. The third-order valence-electron chi connectivity index (χ3n) is 6.50. The molecule has 2 bridgehead atoms. The Kier molecular flexibility index (Phi) is 3.98. The minimum atomic E-state index is 0.514. The predicted molar refractivity (Wildman–Crippen MR) is 77.3 cm³/mol. The molecule has 1 nitrogen and oxygen atoms in total. The summed E-state index contributed by atoms with van der Waals surface area (Å²) in [6.45, 7) is 2.37. The fraction of sp³-hybridized carbons (Fsp3) is 1.00. The van der Waals surface area contributed by atoms with E-state index in [-0.39, 0.29) is 0 Å². The number of nitrogens with two attached hydrogens (primary N) is 1. The summed E-state index contributed by atoms with van der Waals surface area (Å²) in [6.07, 6.45) is 14.6. The van der Waals surface area contributed by atoms with Gasteiger partial charge in [-0.2, -0.15) is 0 Å². The molecule has 104 valence electrons. The van der Waals surface area contributed by atoms with Gasteiger partial charge < -0.3 is 5.73 Å². The van der Waals surface area contributed by atoms with Gasteiger partial charge in [-0.1, -0.05) is 39.0 Å². The molecule has 3 fully saturated rings. The molecule has 0 aromatic heterocycles. The van der Waals surface area contributed by atoms with Crippen LogP contribution in [-0.2, 0) is 0 Å². The van der Waals surface area contributed by atoms with Crippen LogP contribution < -0.4 is 5.73 Å². The highest BCUT2D eigenvalue weighted by molar-refractivity contribution is 4.93. The zero-order chi connectivity index (χ0) is 12.5. The van der Waals surface area contributed by atoms with Crippen LogP contribution in [0.15, 0.2) is 0 Å². The van der Waals surface area contributed by atoms with Crippen LogP contribution in [0.5, 0.6) is 0 Å². The molecule has 6 unspecified atom stereocenters.